The Morgan fingerprint density at radius 1 is 1.05 bits per heavy atom. The maximum Gasteiger partial charge on any atom is 0.0347 e. The van der Waals surface area contributed by atoms with Crippen molar-refractivity contribution in [1.82, 2.24) is 4.57 Å². The highest BCUT2D eigenvalue weighted by molar-refractivity contribution is 5.23. The summed E-state index contributed by atoms with van der Waals surface area (Å²) in [7, 11) is 0. The lowest BCUT2D eigenvalue weighted by molar-refractivity contribution is -0.00529. The quantitative estimate of drug-likeness (QED) is 0.886. The average molecular weight is 258 g/mol. The molecule has 2 N–H and O–H groups in total. The molecular weight excluding hydrogens is 232 g/mol. The maximum absolute atomic E-state index is 5.81. The second-order valence-electron chi connectivity index (χ2n) is 7.30. The molecule has 0 unspecified atom stereocenters. The van der Waals surface area contributed by atoms with Gasteiger partial charge in [-0.15, -0.1) is 0 Å². The van der Waals surface area contributed by atoms with Gasteiger partial charge in [-0.05, 0) is 74.8 Å². The van der Waals surface area contributed by atoms with Crippen molar-refractivity contribution in [3.63, 3.8) is 0 Å². The van der Waals surface area contributed by atoms with Crippen LogP contribution in [0, 0.1) is 30.6 Å². The fraction of sp³-hybridized carbons (Fsp3) is 0.765. The third-order valence-corrected chi connectivity index (χ3v) is 6.15. The first-order valence-electron chi connectivity index (χ1n) is 8.12. The van der Waals surface area contributed by atoms with Gasteiger partial charge in [0.05, 0.1) is 0 Å². The van der Waals surface area contributed by atoms with Crippen molar-refractivity contribution >= 4 is 0 Å². The maximum atomic E-state index is 5.81. The van der Waals surface area contributed by atoms with Crippen molar-refractivity contribution in [3.8, 4) is 0 Å². The van der Waals surface area contributed by atoms with E-state index in [1.165, 1.54) is 31.4 Å². The predicted molar refractivity (Wildman–Crippen MR) is 78.0 cm³/mol. The van der Waals surface area contributed by atoms with Gasteiger partial charge in [0.1, 0.15) is 0 Å². The summed E-state index contributed by atoms with van der Waals surface area (Å²) in [5.74, 6) is 4.92. The first kappa shape index (κ1) is 12.0. The molecule has 2 nitrogen and oxygen atoms in total. The number of nitrogens with two attached hydrogens (primary N) is 1. The van der Waals surface area contributed by atoms with Gasteiger partial charge in [0.2, 0.25) is 0 Å². The van der Waals surface area contributed by atoms with Crippen LogP contribution in [0.15, 0.2) is 12.1 Å². The number of hydrogen-bond acceptors (Lipinski definition) is 1. The lowest BCUT2D eigenvalue weighted by Crippen LogP contribution is -2.44. The molecule has 4 fully saturated rings. The average Bonchev–Trinajstić information content (AvgIpc) is 2.71. The molecule has 0 aromatic carbocycles. The van der Waals surface area contributed by atoms with Crippen LogP contribution in [0.2, 0.25) is 0 Å². The summed E-state index contributed by atoms with van der Waals surface area (Å²) in [6.45, 7) is 3.99. The summed E-state index contributed by atoms with van der Waals surface area (Å²) in [6, 6.07) is 4.70. The van der Waals surface area contributed by atoms with E-state index in [0.717, 1.165) is 42.7 Å². The molecule has 104 valence electrons. The third-order valence-electron chi connectivity index (χ3n) is 6.15. The molecule has 0 spiro atoms. The first-order chi connectivity index (χ1) is 9.26. The summed E-state index contributed by atoms with van der Waals surface area (Å²) in [6.07, 6.45) is 7.56. The van der Waals surface area contributed by atoms with Gasteiger partial charge in [0, 0.05) is 30.4 Å². The van der Waals surface area contributed by atoms with E-state index < -0.39 is 0 Å². The van der Waals surface area contributed by atoms with Gasteiger partial charge in [0.25, 0.3) is 0 Å². The summed E-state index contributed by atoms with van der Waals surface area (Å²) in [5.41, 5.74) is 8.82. The van der Waals surface area contributed by atoms with Crippen LogP contribution in [-0.4, -0.2) is 11.1 Å². The summed E-state index contributed by atoms with van der Waals surface area (Å²) >= 11 is 0. The molecule has 0 amide bonds. The Bertz CT molecular complexity index is 446. The molecule has 1 aromatic rings. The van der Waals surface area contributed by atoms with Gasteiger partial charge < -0.3 is 10.3 Å². The molecule has 4 aliphatic carbocycles. The molecule has 5 rings (SSSR count). The van der Waals surface area contributed by atoms with E-state index in [4.69, 9.17) is 5.73 Å². The number of aromatic nitrogens is 1. The smallest absolute Gasteiger partial charge is 0.0347 e. The van der Waals surface area contributed by atoms with E-state index in [-0.39, 0.29) is 0 Å². The molecule has 2 heteroatoms. The molecule has 1 aromatic heterocycles. The topological polar surface area (TPSA) is 30.9 Å². The Labute approximate surface area is 116 Å². The van der Waals surface area contributed by atoms with Gasteiger partial charge in [-0.1, -0.05) is 0 Å². The van der Waals surface area contributed by atoms with Crippen LogP contribution < -0.4 is 5.73 Å². The number of nitrogens with zero attached hydrogens (tertiary/aromatic N) is 1. The predicted octanol–water partition coefficient (Wildman–Crippen LogP) is 3.29. The molecule has 0 atom stereocenters. The molecule has 4 bridgehead atoms. The lowest BCUT2D eigenvalue weighted by atomic mass is 9.51. The Hall–Kier alpha value is -0.760. The summed E-state index contributed by atoms with van der Waals surface area (Å²) in [4.78, 5) is 0. The highest BCUT2D eigenvalue weighted by atomic mass is 15.0. The van der Waals surface area contributed by atoms with Gasteiger partial charge >= 0.3 is 0 Å². The highest BCUT2D eigenvalue weighted by Crippen LogP contribution is 2.59. The molecular formula is C17H26N2. The van der Waals surface area contributed by atoms with E-state index in [9.17, 15) is 0 Å². The van der Waals surface area contributed by atoms with Crippen molar-refractivity contribution in [1.29, 1.82) is 0 Å². The molecule has 4 aliphatic rings. The van der Waals surface area contributed by atoms with Crippen molar-refractivity contribution in [2.24, 2.45) is 29.4 Å². The highest BCUT2D eigenvalue weighted by Gasteiger charge is 2.49. The van der Waals surface area contributed by atoms with E-state index in [2.05, 4.69) is 23.6 Å². The minimum Gasteiger partial charge on any atom is -0.347 e. The van der Waals surface area contributed by atoms with Crippen molar-refractivity contribution in [3.05, 3.63) is 23.5 Å². The van der Waals surface area contributed by atoms with Crippen LogP contribution in [0.25, 0.3) is 0 Å². The monoisotopic (exact) mass is 258 g/mol. The largest absolute Gasteiger partial charge is 0.347 e. The molecule has 0 saturated heterocycles. The molecule has 0 radical (unpaired) electrons. The molecule has 1 heterocycles. The Kier molecular flexibility index (Phi) is 2.77. The Balaban J connectivity index is 1.69. The van der Waals surface area contributed by atoms with Crippen LogP contribution >= 0.6 is 0 Å². The normalized spacial score (nSPS) is 40.0. The zero-order valence-electron chi connectivity index (χ0n) is 12.0. The minimum absolute atomic E-state index is 0.760. The van der Waals surface area contributed by atoms with Gasteiger partial charge in [-0.2, -0.15) is 0 Å². The standard InChI is InChI=1S/C17H26N2/c1-11-2-3-16(19(11)5-4-18)17-14-7-12-6-13(9-14)10-15(17)8-12/h2-3,12-15,17H,4-10,18H2,1H3. The van der Waals surface area contributed by atoms with E-state index in [1.807, 2.05) is 0 Å². The van der Waals surface area contributed by atoms with E-state index in [0.29, 0.717) is 0 Å². The van der Waals surface area contributed by atoms with Gasteiger partial charge in [-0.25, -0.2) is 0 Å². The SMILES string of the molecule is Cc1ccc(C2C3CC4CC(C3)CC2C4)n1CCN. The zero-order chi connectivity index (χ0) is 13.0. The number of aryl methyl sites for hydroxylation is 1. The molecule has 19 heavy (non-hydrogen) atoms. The van der Waals surface area contributed by atoms with Crippen LogP contribution in [0.1, 0.15) is 49.4 Å². The fourth-order valence-electron chi connectivity index (χ4n) is 5.72. The lowest BCUT2D eigenvalue weighted by Gasteiger charge is -2.54. The minimum atomic E-state index is 0.760. The van der Waals surface area contributed by atoms with Crippen molar-refractivity contribution in [2.75, 3.05) is 6.54 Å². The van der Waals surface area contributed by atoms with Gasteiger partial charge in [0.15, 0.2) is 0 Å². The van der Waals surface area contributed by atoms with Gasteiger partial charge in [-0.3, -0.25) is 0 Å². The van der Waals surface area contributed by atoms with Crippen molar-refractivity contribution in [2.45, 2.75) is 51.5 Å². The fourth-order valence-corrected chi connectivity index (χ4v) is 5.72. The molecule has 0 aliphatic heterocycles. The number of hydrogen-bond donors (Lipinski definition) is 1. The van der Waals surface area contributed by atoms with E-state index in [1.54, 1.807) is 12.1 Å². The molecule has 4 saturated carbocycles. The second kappa shape index (κ2) is 4.37. The van der Waals surface area contributed by atoms with Crippen LogP contribution in [0.5, 0.6) is 0 Å². The van der Waals surface area contributed by atoms with Crippen LogP contribution in [0.3, 0.4) is 0 Å². The Morgan fingerprint density at radius 3 is 2.26 bits per heavy atom. The third kappa shape index (κ3) is 1.79. The van der Waals surface area contributed by atoms with Crippen LogP contribution in [0.4, 0.5) is 0 Å². The zero-order valence-corrected chi connectivity index (χ0v) is 12.0. The van der Waals surface area contributed by atoms with E-state index >= 15 is 0 Å². The first-order valence-corrected chi connectivity index (χ1v) is 8.12. The van der Waals surface area contributed by atoms with Crippen molar-refractivity contribution < 1.29 is 0 Å². The summed E-state index contributed by atoms with van der Waals surface area (Å²) in [5, 5.41) is 0. The Morgan fingerprint density at radius 2 is 1.68 bits per heavy atom. The van der Waals surface area contributed by atoms with Crippen LogP contribution in [-0.2, 0) is 6.54 Å². The number of rotatable bonds is 3. The second-order valence-corrected chi connectivity index (χ2v) is 7.30. The summed E-state index contributed by atoms with van der Waals surface area (Å²) < 4.78 is 2.51.